The first-order valence-corrected chi connectivity index (χ1v) is 7.78. The van der Waals surface area contributed by atoms with Gasteiger partial charge in [-0.2, -0.15) is 0 Å². The summed E-state index contributed by atoms with van der Waals surface area (Å²) in [5.41, 5.74) is 0. The number of nitrogens with one attached hydrogen (secondary N) is 1. The Bertz CT molecular complexity index is 293. The SMILES string of the molecule is CCC(CC)CS(=O)(=O)N(C)C1CCNC1. The van der Waals surface area contributed by atoms with Crippen LogP contribution in [-0.2, 0) is 10.0 Å². The van der Waals surface area contributed by atoms with E-state index in [1.165, 1.54) is 0 Å². The summed E-state index contributed by atoms with van der Waals surface area (Å²) in [5.74, 6) is 0.592. The summed E-state index contributed by atoms with van der Waals surface area (Å²) in [5, 5.41) is 3.20. The molecule has 1 rings (SSSR count). The Morgan fingerprint density at radius 3 is 2.44 bits per heavy atom. The normalized spacial score (nSPS) is 22.2. The highest BCUT2D eigenvalue weighted by molar-refractivity contribution is 7.89. The van der Waals surface area contributed by atoms with E-state index in [9.17, 15) is 8.42 Å². The Kier molecular flexibility index (Phi) is 5.21. The number of hydrogen-bond acceptors (Lipinski definition) is 3. The number of hydrogen-bond donors (Lipinski definition) is 1. The van der Waals surface area contributed by atoms with Crippen LogP contribution in [0, 0.1) is 5.92 Å². The Morgan fingerprint density at radius 1 is 1.38 bits per heavy atom. The molecule has 1 heterocycles. The van der Waals surface area contributed by atoms with Gasteiger partial charge in [-0.15, -0.1) is 0 Å². The Hall–Kier alpha value is -0.130. The highest BCUT2D eigenvalue weighted by Gasteiger charge is 2.29. The standard InChI is InChI=1S/C11H24N2O2S/c1-4-10(5-2)9-16(14,15)13(3)11-6-7-12-8-11/h10-12H,4-9H2,1-3H3. The van der Waals surface area contributed by atoms with Crippen molar-refractivity contribution in [2.45, 2.75) is 39.2 Å². The summed E-state index contributed by atoms with van der Waals surface area (Å²) in [6.45, 7) is 5.83. The topological polar surface area (TPSA) is 49.4 Å². The summed E-state index contributed by atoms with van der Waals surface area (Å²) >= 11 is 0. The molecule has 1 atom stereocenters. The predicted molar refractivity (Wildman–Crippen MR) is 66.9 cm³/mol. The van der Waals surface area contributed by atoms with E-state index in [0.29, 0.717) is 11.7 Å². The van der Waals surface area contributed by atoms with Gasteiger partial charge in [0.1, 0.15) is 0 Å². The first-order chi connectivity index (χ1) is 7.51. The lowest BCUT2D eigenvalue weighted by atomic mass is 10.1. The zero-order chi connectivity index (χ0) is 12.2. The van der Waals surface area contributed by atoms with Crippen molar-refractivity contribution >= 4 is 10.0 Å². The van der Waals surface area contributed by atoms with Crippen LogP contribution in [-0.4, -0.2) is 44.7 Å². The van der Waals surface area contributed by atoms with Gasteiger partial charge >= 0.3 is 0 Å². The van der Waals surface area contributed by atoms with Gasteiger partial charge in [-0.05, 0) is 18.9 Å². The molecular weight excluding hydrogens is 224 g/mol. The van der Waals surface area contributed by atoms with Crippen molar-refractivity contribution in [2.75, 3.05) is 25.9 Å². The minimum atomic E-state index is -3.07. The summed E-state index contributed by atoms with van der Waals surface area (Å²) in [6, 6.07) is 0.152. The molecule has 1 aliphatic rings. The van der Waals surface area contributed by atoms with Crippen molar-refractivity contribution in [2.24, 2.45) is 5.92 Å². The third-order valence-corrected chi connectivity index (χ3v) is 5.66. The third-order valence-electron chi connectivity index (χ3n) is 3.59. The molecule has 0 aliphatic carbocycles. The Morgan fingerprint density at radius 2 is 2.00 bits per heavy atom. The molecule has 0 aromatic rings. The van der Waals surface area contributed by atoms with Gasteiger partial charge in [-0.1, -0.05) is 26.7 Å². The zero-order valence-electron chi connectivity index (χ0n) is 10.6. The van der Waals surface area contributed by atoms with Gasteiger partial charge in [0.15, 0.2) is 0 Å². The van der Waals surface area contributed by atoms with Crippen molar-refractivity contribution in [1.29, 1.82) is 0 Å². The molecule has 16 heavy (non-hydrogen) atoms. The van der Waals surface area contributed by atoms with Crippen LogP contribution < -0.4 is 5.32 Å². The van der Waals surface area contributed by atoms with Crippen molar-refractivity contribution in [1.82, 2.24) is 9.62 Å². The maximum atomic E-state index is 12.1. The van der Waals surface area contributed by atoms with Crippen LogP contribution in [0.3, 0.4) is 0 Å². The first-order valence-electron chi connectivity index (χ1n) is 6.17. The van der Waals surface area contributed by atoms with E-state index < -0.39 is 10.0 Å². The van der Waals surface area contributed by atoms with E-state index in [2.05, 4.69) is 19.2 Å². The molecule has 1 N–H and O–H groups in total. The molecule has 0 amide bonds. The fourth-order valence-corrected chi connectivity index (χ4v) is 4.05. The van der Waals surface area contributed by atoms with Crippen LogP contribution >= 0.6 is 0 Å². The molecule has 0 bridgehead atoms. The Labute approximate surface area is 99.5 Å². The second-order valence-corrected chi connectivity index (χ2v) is 6.70. The van der Waals surface area contributed by atoms with E-state index in [1.54, 1.807) is 11.4 Å². The van der Waals surface area contributed by atoms with E-state index in [-0.39, 0.29) is 6.04 Å². The quantitative estimate of drug-likeness (QED) is 0.764. The molecule has 1 aliphatic heterocycles. The molecule has 0 spiro atoms. The van der Waals surface area contributed by atoms with Crippen LogP contribution in [0.1, 0.15) is 33.1 Å². The fraction of sp³-hybridized carbons (Fsp3) is 1.00. The lowest BCUT2D eigenvalue weighted by Crippen LogP contribution is -2.40. The average molecular weight is 248 g/mol. The molecule has 4 nitrogen and oxygen atoms in total. The summed E-state index contributed by atoms with van der Waals surface area (Å²) in [7, 11) is -1.36. The van der Waals surface area contributed by atoms with E-state index in [1.807, 2.05) is 0 Å². The van der Waals surface area contributed by atoms with Gasteiger partial charge in [0.2, 0.25) is 10.0 Å². The summed E-state index contributed by atoms with van der Waals surface area (Å²) in [4.78, 5) is 0. The monoisotopic (exact) mass is 248 g/mol. The lowest BCUT2D eigenvalue weighted by molar-refractivity contribution is 0.380. The number of nitrogens with zero attached hydrogens (tertiary/aromatic N) is 1. The lowest BCUT2D eigenvalue weighted by Gasteiger charge is -2.25. The smallest absolute Gasteiger partial charge is 0.214 e. The zero-order valence-corrected chi connectivity index (χ0v) is 11.4. The maximum Gasteiger partial charge on any atom is 0.214 e. The molecule has 1 unspecified atom stereocenters. The molecule has 0 aromatic heterocycles. The van der Waals surface area contributed by atoms with Crippen LogP contribution in [0.25, 0.3) is 0 Å². The molecule has 0 radical (unpaired) electrons. The van der Waals surface area contributed by atoms with Gasteiger partial charge in [0, 0.05) is 19.6 Å². The second kappa shape index (κ2) is 5.98. The fourth-order valence-electron chi connectivity index (χ4n) is 2.12. The van der Waals surface area contributed by atoms with Crippen LogP contribution in [0.4, 0.5) is 0 Å². The van der Waals surface area contributed by atoms with Gasteiger partial charge in [0.25, 0.3) is 0 Å². The highest BCUT2D eigenvalue weighted by Crippen LogP contribution is 2.17. The Balaban J connectivity index is 2.61. The molecular formula is C11H24N2O2S. The molecule has 5 heteroatoms. The van der Waals surface area contributed by atoms with E-state index in [0.717, 1.165) is 32.4 Å². The minimum Gasteiger partial charge on any atom is -0.315 e. The van der Waals surface area contributed by atoms with E-state index in [4.69, 9.17) is 0 Å². The second-order valence-electron chi connectivity index (χ2n) is 4.62. The van der Waals surface area contributed by atoms with Crippen LogP contribution in [0.2, 0.25) is 0 Å². The van der Waals surface area contributed by atoms with Crippen LogP contribution in [0.15, 0.2) is 0 Å². The van der Waals surface area contributed by atoms with Gasteiger partial charge < -0.3 is 5.32 Å². The maximum absolute atomic E-state index is 12.1. The average Bonchev–Trinajstić information content (AvgIpc) is 2.78. The van der Waals surface area contributed by atoms with Crippen molar-refractivity contribution in [3.8, 4) is 0 Å². The number of rotatable bonds is 6. The molecule has 0 aromatic carbocycles. The van der Waals surface area contributed by atoms with Crippen molar-refractivity contribution in [3.05, 3.63) is 0 Å². The molecule has 1 saturated heterocycles. The third kappa shape index (κ3) is 3.43. The van der Waals surface area contributed by atoms with Gasteiger partial charge in [-0.25, -0.2) is 12.7 Å². The van der Waals surface area contributed by atoms with Crippen molar-refractivity contribution < 1.29 is 8.42 Å². The summed E-state index contributed by atoms with van der Waals surface area (Å²) < 4.78 is 25.9. The predicted octanol–water partition coefficient (Wildman–Crippen LogP) is 1.05. The van der Waals surface area contributed by atoms with Crippen LogP contribution in [0.5, 0.6) is 0 Å². The number of sulfonamides is 1. The number of likely N-dealkylation sites (N-methyl/N-ethyl adjacent to an activating group) is 1. The van der Waals surface area contributed by atoms with Crippen molar-refractivity contribution in [3.63, 3.8) is 0 Å². The van der Waals surface area contributed by atoms with Gasteiger partial charge in [-0.3, -0.25) is 0 Å². The highest BCUT2D eigenvalue weighted by atomic mass is 32.2. The summed E-state index contributed by atoms with van der Waals surface area (Å²) in [6.07, 6.45) is 2.80. The van der Waals surface area contributed by atoms with Gasteiger partial charge in [0.05, 0.1) is 5.75 Å². The first kappa shape index (κ1) is 13.9. The molecule has 0 saturated carbocycles. The molecule has 1 fully saturated rings. The largest absolute Gasteiger partial charge is 0.315 e. The minimum absolute atomic E-state index is 0.152. The van der Waals surface area contributed by atoms with E-state index >= 15 is 0 Å². The molecule has 96 valence electrons.